The van der Waals surface area contributed by atoms with Crippen molar-refractivity contribution < 1.29 is 9.47 Å². The van der Waals surface area contributed by atoms with E-state index in [1.165, 1.54) is 6.33 Å². The summed E-state index contributed by atoms with van der Waals surface area (Å²) in [6, 6.07) is 3.89. The van der Waals surface area contributed by atoms with E-state index < -0.39 is 0 Å². The second kappa shape index (κ2) is 7.14. The van der Waals surface area contributed by atoms with Gasteiger partial charge in [-0.15, -0.1) is 0 Å². The smallest absolute Gasteiger partial charge is 0.218 e. The van der Waals surface area contributed by atoms with Crippen LogP contribution in [-0.2, 0) is 6.54 Å². The van der Waals surface area contributed by atoms with Gasteiger partial charge in [-0.1, -0.05) is 22.9 Å². The minimum absolute atomic E-state index is 0.560. The molecule has 6 nitrogen and oxygen atoms in total. The average Bonchev–Trinajstić information content (AvgIpc) is 2.96. The Morgan fingerprint density at radius 2 is 2.25 bits per heavy atom. The number of methoxy groups -OCH3 is 1. The number of H-pyrrole nitrogens is 1. The first-order chi connectivity index (χ1) is 9.74. The Kier molecular flexibility index (Phi) is 5.23. The Bertz CT molecular complexity index is 546. The summed E-state index contributed by atoms with van der Waals surface area (Å²) in [6.07, 6.45) is 2.40. The van der Waals surface area contributed by atoms with Crippen LogP contribution in [0.5, 0.6) is 11.5 Å². The zero-order valence-electron chi connectivity index (χ0n) is 11.4. The van der Waals surface area contributed by atoms with Gasteiger partial charge in [-0.3, -0.25) is 0 Å². The number of hydrogen-bond donors (Lipinski definition) is 2. The molecule has 20 heavy (non-hydrogen) atoms. The summed E-state index contributed by atoms with van der Waals surface area (Å²) in [6.45, 7) is 3.27. The van der Waals surface area contributed by atoms with Crippen LogP contribution in [0.4, 0.5) is 5.95 Å². The van der Waals surface area contributed by atoms with Gasteiger partial charge >= 0.3 is 0 Å². The fourth-order valence-corrected chi connectivity index (χ4v) is 2.23. The molecule has 0 radical (unpaired) electrons. The molecule has 1 heterocycles. The molecule has 0 saturated heterocycles. The quantitative estimate of drug-likeness (QED) is 0.810. The number of anilines is 1. The molecular formula is C13H17BrN4O2. The van der Waals surface area contributed by atoms with Crippen LogP contribution in [0.3, 0.4) is 0 Å². The fourth-order valence-electron chi connectivity index (χ4n) is 1.74. The number of hydrogen-bond acceptors (Lipinski definition) is 5. The third kappa shape index (κ3) is 3.63. The molecule has 0 saturated carbocycles. The van der Waals surface area contributed by atoms with E-state index in [0.29, 0.717) is 24.8 Å². The summed E-state index contributed by atoms with van der Waals surface area (Å²) < 4.78 is 12.1. The van der Waals surface area contributed by atoms with Gasteiger partial charge in [0.05, 0.1) is 13.7 Å². The molecule has 0 amide bonds. The Hall–Kier alpha value is -1.76. The summed E-state index contributed by atoms with van der Waals surface area (Å²) in [5, 5.41) is 9.70. The number of aromatic nitrogens is 3. The number of ether oxygens (including phenoxy) is 2. The molecule has 108 valence electrons. The van der Waals surface area contributed by atoms with Crippen molar-refractivity contribution in [3.8, 4) is 11.5 Å². The molecule has 1 aromatic heterocycles. The van der Waals surface area contributed by atoms with E-state index in [9.17, 15) is 0 Å². The predicted molar refractivity (Wildman–Crippen MR) is 80.2 cm³/mol. The molecule has 1 aromatic carbocycles. The number of halogens is 1. The van der Waals surface area contributed by atoms with Crippen molar-refractivity contribution in [3.63, 3.8) is 0 Å². The maximum Gasteiger partial charge on any atom is 0.218 e. The standard InChI is InChI=1S/C13H17BrN4O2/c1-3-4-20-12-9(5-10(14)6-11(12)19-2)7-15-13-16-8-17-18-13/h5-6,8H,3-4,7H2,1-2H3,(H2,15,16,17,18). The molecule has 0 spiro atoms. The largest absolute Gasteiger partial charge is 0.493 e. The second-order valence-corrected chi connectivity index (χ2v) is 5.05. The van der Waals surface area contributed by atoms with Gasteiger partial charge in [0, 0.05) is 16.6 Å². The molecule has 0 fully saturated rings. The van der Waals surface area contributed by atoms with E-state index >= 15 is 0 Å². The number of nitrogens with zero attached hydrogens (tertiary/aromatic N) is 2. The summed E-state index contributed by atoms with van der Waals surface area (Å²) in [5.41, 5.74) is 0.987. The van der Waals surface area contributed by atoms with Crippen molar-refractivity contribution >= 4 is 21.9 Å². The lowest BCUT2D eigenvalue weighted by Crippen LogP contribution is -2.06. The topological polar surface area (TPSA) is 72.1 Å². The lowest BCUT2D eigenvalue weighted by molar-refractivity contribution is 0.291. The summed E-state index contributed by atoms with van der Waals surface area (Å²) >= 11 is 3.48. The summed E-state index contributed by atoms with van der Waals surface area (Å²) in [4.78, 5) is 4.03. The van der Waals surface area contributed by atoms with E-state index in [1.807, 2.05) is 12.1 Å². The zero-order chi connectivity index (χ0) is 14.4. The van der Waals surface area contributed by atoms with Crippen LogP contribution >= 0.6 is 15.9 Å². The molecule has 0 atom stereocenters. The number of rotatable bonds is 7. The Balaban J connectivity index is 2.21. The molecule has 0 aliphatic heterocycles. The zero-order valence-corrected chi connectivity index (χ0v) is 13.0. The lowest BCUT2D eigenvalue weighted by atomic mass is 10.2. The van der Waals surface area contributed by atoms with Crippen molar-refractivity contribution in [2.24, 2.45) is 0 Å². The van der Waals surface area contributed by atoms with E-state index in [1.54, 1.807) is 7.11 Å². The van der Waals surface area contributed by atoms with E-state index in [4.69, 9.17) is 9.47 Å². The number of aromatic amines is 1. The van der Waals surface area contributed by atoms with Crippen LogP contribution in [0.2, 0.25) is 0 Å². The van der Waals surface area contributed by atoms with Crippen LogP contribution in [0.1, 0.15) is 18.9 Å². The molecule has 2 rings (SSSR count). The van der Waals surface area contributed by atoms with Crippen LogP contribution in [-0.4, -0.2) is 28.9 Å². The Morgan fingerprint density at radius 1 is 1.40 bits per heavy atom. The molecule has 0 bridgehead atoms. The first-order valence-corrected chi connectivity index (χ1v) is 7.12. The monoisotopic (exact) mass is 340 g/mol. The van der Waals surface area contributed by atoms with Gasteiger partial charge in [-0.05, 0) is 18.6 Å². The highest BCUT2D eigenvalue weighted by molar-refractivity contribution is 9.10. The van der Waals surface area contributed by atoms with Crippen molar-refractivity contribution in [2.75, 3.05) is 19.0 Å². The van der Waals surface area contributed by atoms with Crippen molar-refractivity contribution in [1.82, 2.24) is 15.2 Å². The molecule has 0 aliphatic carbocycles. The van der Waals surface area contributed by atoms with E-state index in [-0.39, 0.29) is 0 Å². The average molecular weight is 341 g/mol. The molecule has 2 aromatic rings. The van der Waals surface area contributed by atoms with Crippen LogP contribution < -0.4 is 14.8 Å². The SMILES string of the molecule is CCCOc1c(CNc2ncn[nH]2)cc(Br)cc1OC. The highest BCUT2D eigenvalue weighted by atomic mass is 79.9. The predicted octanol–water partition coefficient (Wildman–Crippen LogP) is 2.98. The van der Waals surface area contributed by atoms with Gasteiger partial charge in [0.1, 0.15) is 6.33 Å². The summed E-state index contributed by atoms with van der Waals surface area (Å²) in [5.74, 6) is 2.08. The Labute approximate surface area is 126 Å². The maximum absolute atomic E-state index is 5.80. The van der Waals surface area contributed by atoms with Crippen LogP contribution in [0.15, 0.2) is 22.9 Å². The van der Waals surface area contributed by atoms with Gasteiger partial charge in [0.15, 0.2) is 11.5 Å². The van der Waals surface area contributed by atoms with E-state index in [2.05, 4.69) is 43.4 Å². The minimum atomic E-state index is 0.560. The van der Waals surface area contributed by atoms with Crippen molar-refractivity contribution in [3.05, 3.63) is 28.5 Å². The number of nitrogens with one attached hydrogen (secondary N) is 2. The lowest BCUT2D eigenvalue weighted by Gasteiger charge is -2.15. The third-order valence-corrected chi connectivity index (χ3v) is 3.09. The molecule has 0 unspecified atom stereocenters. The second-order valence-electron chi connectivity index (χ2n) is 4.13. The van der Waals surface area contributed by atoms with Crippen molar-refractivity contribution in [2.45, 2.75) is 19.9 Å². The molecule has 2 N–H and O–H groups in total. The molecular weight excluding hydrogens is 324 g/mol. The van der Waals surface area contributed by atoms with Crippen LogP contribution in [0.25, 0.3) is 0 Å². The fraction of sp³-hybridized carbons (Fsp3) is 0.385. The van der Waals surface area contributed by atoms with Gasteiger partial charge < -0.3 is 14.8 Å². The highest BCUT2D eigenvalue weighted by Gasteiger charge is 2.13. The normalized spacial score (nSPS) is 10.3. The molecule has 7 heteroatoms. The van der Waals surface area contributed by atoms with Gasteiger partial charge in [-0.25, -0.2) is 10.1 Å². The maximum atomic E-state index is 5.80. The summed E-state index contributed by atoms with van der Waals surface area (Å²) in [7, 11) is 1.63. The van der Waals surface area contributed by atoms with Gasteiger partial charge in [0.2, 0.25) is 5.95 Å². The van der Waals surface area contributed by atoms with Crippen molar-refractivity contribution in [1.29, 1.82) is 0 Å². The molecule has 0 aliphatic rings. The first-order valence-electron chi connectivity index (χ1n) is 6.33. The first kappa shape index (κ1) is 14.6. The number of benzene rings is 1. The highest BCUT2D eigenvalue weighted by Crippen LogP contribution is 2.35. The minimum Gasteiger partial charge on any atom is -0.493 e. The van der Waals surface area contributed by atoms with Gasteiger partial charge in [0.25, 0.3) is 0 Å². The van der Waals surface area contributed by atoms with Gasteiger partial charge in [-0.2, -0.15) is 5.10 Å². The van der Waals surface area contributed by atoms with E-state index in [0.717, 1.165) is 22.2 Å². The Morgan fingerprint density at radius 3 is 2.90 bits per heavy atom. The van der Waals surface area contributed by atoms with Crippen LogP contribution in [0, 0.1) is 0 Å². The third-order valence-electron chi connectivity index (χ3n) is 2.63.